The first-order valence-corrected chi connectivity index (χ1v) is 9.29. The van der Waals surface area contributed by atoms with E-state index < -0.39 is 18.6 Å². The van der Waals surface area contributed by atoms with E-state index >= 15 is 0 Å². The maximum absolute atomic E-state index is 12.8. The first kappa shape index (κ1) is 18.1. The summed E-state index contributed by atoms with van der Waals surface area (Å²) in [6.45, 7) is 0.586. The van der Waals surface area contributed by atoms with Crippen molar-refractivity contribution in [3.8, 4) is 0 Å². The lowest BCUT2D eigenvalue weighted by molar-refractivity contribution is -0.135. The van der Waals surface area contributed by atoms with Crippen molar-refractivity contribution in [2.45, 2.75) is 19.0 Å². The predicted molar refractivity (Wildman–Crippen MR) is 106 cm³/mol. The summed E-state index contributed by atoms with van der Waals surface area (Å²) in [5.74, 6) is -0.762. The van der Waals surface area contributed by atoms with E-state index in [9.17, 15) is 14.7 Å². The lowest BCUT2D eigenvalue weighted by atomic mass is 9.99. The molecule has 0 unspecified atom stereocenters. The van der Waals surface area contributed by atoms with E-state index in [2.05, 4.69) is 16.4 Å². The van der Waals surface area contributed by atoms with Crippen LogP contribution in [0.2, 0.25) is 0 Å². The van der Waals surface area contributed by atoms with E-state index in [1.807, 2.05) is 48.5 Å². The molecule has 1 aliphatic rings. The second-order valence-electron chi connectivity index (χ2n) is 6.88. The third-order valence-electron chi connectivity index (χ3n) is 5.06. The number of para-hydroxylation sites is 1. The molecule has 142 valence electrons. The summed E-state index contributed by atoms with van der Waals surface area (Å²) in [6.07, 6.45) is 0.764. The number of carbonyl (C=O) groups is 2. The largest absolute Gasteiger partial charge is 0.394 e. The number of hydrogen-bond acceptors (Lipinski definition) is 4. The predicted octanol–water partition coefficient (Wildman–Crippen LogP) is 1.91. The highest BCUT2D eigenvalue weighted by atomic mass is 16.3. The summed E-state index contributed by atoms with van der Waals surface area (Å²) in [4.78, 5) is 31.5. The van der Waals surface area contributed by atoms with Crippen molar-refractivity contribution in [1.29, 1.82) is 0 Å². The summed E-state index contributed by atoms with van der Waals surface area (Å²) in [5, 5.41) is 13.3. The van der Waals surface area contributed by atoms with Crippen molar-refractivity contribution in [3.63, 3.8) is 0 Å². The van der Waals surface area contributed by atoms with E-state index in [-0.39, 0.29) is 11.6 Å². The number of aromatic nitrogens is 1. The molecule has 4 rings (SSSR count). The van der Waals surface area contributed by atoms with Crippen LogP contribution in [-0.2, 0) is 17.8 Å². The molecule has 28 heavy (non-hydrogen) atoms. The molecule has 0 fully saturated rings. The number of aliphatic hydroxyl groups excluding tert-OH is 1. The molecule has 1 aliphatic heterocycles. The molecule has 1 aromatic heterocycles. The van der Waals surface area contributed by atoms with Crippen LogP contribution in [0.15, 0.2) is 60.7 Å². The number of amides is 2. The molecule has 2 heterocycles. The Hall–Kier alpha value is -3.25. The normalized spacial score (nSPS) is 14.4. The molecule has 3 aromatic rings. The summed E-state index contributed by atoms with van der Waals surface area (Å²) in [6, 6.07) is 17.9. The number of pyridine rings is 1. The first-order chi connectivity index (χ1) is 13.7. The van der Waals surface area contributed by atoms with Crippen LogP contribution in [0.4, 0.5) is 0 Å². The van der Waals surface area contributed by atoms with Crippen molar-refractivity contribution in [3.05, 3.63) is 77.5 Å². The SMILES string of the molecule is O=C(N[C@@H](CO)C(=O)N1CCc2ccccc2C1)c1ccc2ccccc2n1. The molecular weight excluding hydrogens is 354 g/mol. The molecule has 2 aromatic carbocycles. The molecule has 2 N–H and O–H groups in total. The molecule has 0 radical (unpaired) electrons. The molecule has 0 bridgehead atoms. The third-order valence-corrected chi connectivity index (χ3v) is 5.06. The zero-order chi connectivity index (χ0) is 19.5. The second kappa shape index (κ2) is 7.78. The fourth-order valence-electron chi connectivity index (χ4n) is 3.51. The molecule has 6 heteroatoms. The number of rotatable bonds is 4. The van der Waals surface area contributed by atoms with Crippen LogP contribution in [0.5, 0.6) is 0 Å². The van der Waals surface area contributed by atoms with Gasteiger partial charge in [0.05, 0.1) is 12.1 Å². The molecule has 0 aliphatic carbocycles. The zero-order valence-electron chi connectivity index (χ0n) is 15.3. The summed E-state index contributed by atoms with van der Waals surface area (Å²) in [5.41, 5.74) is 3.25. The van der Waals surface area contributed by atoms with Gasteiger partial charge in [0.15, 0.2) is 0 Å². The van der Waals surface area contributed by atoms with Crippen LogP contribution in [0, 0.1) is 0 Å². The molecule has 1 atom stereocenters. The number of nitrogens with one attached hydrogen (secondary N) is 1. The standard InChI is InChI=1S/C22H21N3O3/c26-14-20(22(28)25-12-11-15-5-1-2-7-17(15)13-25)24-21(27)19-10-9-16-6-3-4-8-18(16)23-19/h1-10,20,26H,11-14H2,(H,24,27)/t20-/m0/s1. The number of nitrogens with zero attached hydrogens (tertiary/aromatic N) is 2. The number of benzene rings is 2. The second-order valence-corrected chi connectivity index (χ2v) is 6.88. The number of aliphatic hydroxyl groups is 1. The Morgan fingerprint density at radius 1 is 1.04 bits per heavy atom. The fraction of sp³-hybridized carbons (Fsp3) is 0.227. The van der Waals surface area contributed by atoms with E-state index in [0.717, 1.165) is 17.4 Å². The number of hydrogen-bond donors (Lipinski definition) is 2. The highest BCUT2D eigenvalue weighted by molar-refractivity contribution is 5.97. The minimum absolute atomic E-state index is 0.217. The maximum Gasteiger partial charge on any atom is 0.270 e. The third kappa shape index (κ3) is 3.59. The lowest BCUT2D eigenvalue weighted by Gasteiger charge is -2.31. The Balaban J connectivity index is 1.47. The van der Waals surface area contributed by atoms with Crippen LogP contribution in [0.25, 0.3) is 10.9 Å². The van der Waals surface area contributed by atoms with Crippen molar-refractivity contribution in [2.75, 3.05) is 13.2 Å². The van der Waals surface area contributed by atoms with Gasteiger partial charge >= 0.3 is 0 Å². The lowest BCUT2D eigenvalue weighted by Crippen LogP contribution is -2.51. The van der Waals surface area contributed by atoms with Crippen LogP contribution in [0.1, 0.15) is 21.6 Å². The Morgan fingerprint density at radius 3 is 2.61 bits per heavy atom. The van der Waals surface area contributed by atoms with Gasteiger partial charge in [-0.05, 0) is 29.7 Å². The Morgan fingerprint density at radius 2 is 1.79 bits per heavy atom. The summed E-state index contributed by atoms with van der Waals surface area (Å²) in [7, 11) is 0. The van der Waals surface area contributed by atoms with Gasteiger partial charge in [-0.15, -0.1) is 0 Å². The quantitative estimate of drug-likeness (QED) is 0.730. The van der Waals surface area contributed by atoms with Crippen LogP contribution >= 0.6 is 0 Å². The maximum atomic E-state index is 12.8. The van der Waals surface area contributed by atoms with Gasteiger partial charge in [0.2, 0.25) is 5.91 Å². The van der Waals surface area contributed by atoms with E-state index in [4.69, 9.17) is 0 Å². The van der Waals surface area contributed by atoms with Crippen LogP contribution in [-0.4, -0.2) is 46.0 Å². The number of carbonyl (C=O) groups excluding carboxylic acids is 2. The van der Waals surface area contributed by atoms with Crippen LogP contribution < -0.4 is 5.32 Å². The summed E-state index contributed by atoms with van der Waals surface area (Å²) < 4.78 is 0. The minimum Gasteiger partial charge on any atom is -0.394 e. The monoisotopic (exact) mass is 375 g/mol. The Labute approximate surface area is 162 Å². The van der Waals surface area contributed by atoms with Crippen LogP contribution in [0.3, 0.4) is 0 Å². The molecule has 6 nitrogen and oxygen atoms in total. The molecule has 2 amide bonds. The molecule has 0 spiro atoms. The van der Waals surface area contributed by atoms with Crippen molar-refractivity contribution < 1.29 is 14.7 Å². The Bertz CT molecular complexity index is 1030. The van der Waals surface area contributed by atoms with E-state index in [1.165, 1.54) is 5.56 Å². The van der Waals surface area contributed by atoms with Gasteiger partial charge in [-0.2, -0.15) is 0 Å². The fourth-order valence-corrected chi connectivity index (χ4v) is 3.51. The van der Waals surface area contributed by atoms with Crippen molar-refractivity contribution in [2.24, 2.45) is 0 Å². The first-order valence-electron chi connectivity index (χ1n) is 9.29. The van der Waals surface area contributed by atoms with Gasteiger partial charge in [-0.3, -0.25) is 9.59 Å². The van der Waals surface area contributed by atoms with E-state index in [0.29, 0.717) is 18.6 Å². The van der Waals surface area contributed by atoms with Gasteiger partial charge in [0, 0.05) is 18.5 Å². The average Bonchev–Trinajstić information content (AvgIpc) is 2.76. The van der Waals surface area contributed by atoms with Gasteiger partial charge in [-0.1, -0.05) is 48.5 Å². The van der Waals surface area contributed by atoms with Gasteiger partial charge in [0.1, 0.15) is 11.7 Å². The highest BCUT2D eigenvalue weighted by Gasteiger charge is 2.28. The zero-order valence-corrected chi connectivity index (χ0v) is 15.3. The van der Waals surface area contributed by atoms with Gasteiger partial charge < -0.3 is 15.3 Å². The van der Waals surface area contributed by atoms with Crippen molar-refractivity contribution in [1.82, 2.24) is 15.2 Å². The Kier molecular flexibility index (Phi) is 5.04. The van der Waals surface area contributed by atoms with Gasteiger partial charge in [-0.25, -0.2) is 4.98 Å². The van der Waals surface area contributed by atoms with Crippen molar-refractivity contribution >= 4 is 22.7 Å². The minimum atomic E-state index is -0.994. The molecule has 0 saturated heterocycles. The smallest absolute Gasteiger partial charge is 0.270 e. The molecular formula is C22H21N3O3. The number of fused-ring (bicyclic) bond motifs is 2. The topological polar surface area (TPSA) is 82.5 Å². The average molecular weight is 375 g/mol. The van der Waals surface area contributed by atoms with E-state index in [1.54, 1.807) is 11.0 Å². The molecule has 0 saturated carbocycles. The summed E-state index contributed by atoms with van der Waals surface area (Å²) >= 11 is 0. The highest BCUT2D eigenvalue weighted by Crippen LogP contribution is 2.19. The van der Waals surface area contributed by atoms with Gasteiger partial charge in [0.25, 0.3) is 5.91 Å².